The molecule has 2 aromatic rings. The molecule has 2 fully saturated rings. The third-order valence-corrected chi connectivity index (χ3v) is 5.64. The van der Waals surface area contributed by atoms with Crippen molar-refractivity contribution >= 4 is 52.1 Å². The Morgan fingerprint density at radius 2 is 2.04 bits per heavy atom. The molecule has 26 heavy (non-hydrogen) atoms. The van der Waals surface area contributed by atoms with E-state index in [-0.39, 0.29) is 5.91 Å². The lowest BCUT2D eigenvalue weighted by atomic mass is 10.3. The Morgan fingerprint density at radius 1 is 1.23 bits per heavy atom. The third kappa shape index (κ3) is 3.52. The highest BCUT2D eigenvalue weighted by Gasteiger charge is 2.30. The van der Waals surface area contributed by atoms with E-state index >= 15 is 0 Å². The van der Waals surface area contributed by atoms with Gasteiger partial charge in [0.15, 0.2) is 11.1 Å². The van der Waals surface area contributed by atoms with Crippen LogP contribution in [0.15, 0.2) is 50.7 Å². The van der Waals surface area contributed by atoms with Crippen LogP contribution in [0.3, 0.4) is 0 Å². The lowest BCUT2D eigenvalue weighted by molar-refractivity contribution is -0.121. The Balaban J connectivity index is 1.56. The van der Waals surface area contributed by atoms with E-state index in [1.807, 2.05) is 24.3 Å². The van der Waals surface area contributed by atoms with Crippen molar-refractivity contribution in [1.82, 2.24) is 4.90 Å². The molecule has 2 aliphatic rings. The molecule has 1 aromatic heterocycles. The monoisotopic (exact) mass is 387 g/mol. The van der Waals surface area contributed by atoms with Crippen LogP contribution in [0.5, 0.6) is 0 Å². The predicted octanol–water partition coefficient (Wildman–Crippen LogP) is 4.77. The number of furan rings is 1. The van der Waals surface area contributed by atoms with Gasteiger partial charge in [-0.1, -0.05) is 17.7 Å². The van der Waals surface area contributed by atoms with Crippen molar-refractivity contribution in [3.05, 3.63) is 52.1 Å². The Morgan fingerprint density at radius 3 is 2.81 bits per heavy atom. The Hall–Kier alpha value is -2.18. The van der Waals surface area contributed by atoms with Gasteiger partial charge in [0.25, 0.3) is 5.91 Å². The van der Waals surface area contributed by atoms with Gasteiger partial charge >= 0.3 is 0 Å². The average molecular weight is 388 g/mol. The van der Waals surface area contributed by atoms with E-state index in [0.29, 0.717) is 20.9 Å². The van der Waals surface area contributed by atoms with Gasteiger partial charge in [-0.25, -0.2) is 4.99 Å². The fraction of sp³-hybridized carbons (Fsp3) is 0.263. The molecule has 0 spiro atoms. The van der Waals surface area contributed by atoms with E-state index in [1.54, 1.807) is 30.2 Å². The van der Waals surface area contributed by atoms with Crippen molar-refractivity contribution < 1.29 is 9.21 Å². The molecule has 2 saturated heterocycles. The number of aliphatic imine (C=N–C) groups is 1. The highest BCUT2D eigenvalue weighted by atomic mass is 35.5. The molecule has 0 N–H and O–H groups in total. The number of hydrogen-bond acceptors (Lipinski definition) is 5. The molecule has 2 aliphatic heterocycles. The average Bonchev–Trinajstić information content (AvgIpc) is 3.34. The van der Waals surface area contributed by atoms with Crippen LogP contribution in [0.4, 0.5) is 11.6 Å². The zero-order valence-electron chi connectivity index (χ0n) is 14.3. The lowest BCUT2D eigenvalue weighted by Crippen LogP contribution is -2.23. The normalized spacial score (nSPS) is 20.8. The van der Waals surface area contributed by atoms with E-state index in [0.717, 1.165) is 24.7 Å². The minimum Gasteiger partial charge on any atom is -0.441 e. The summed E-state index contributed by atoms with van der Waals surface area (Å²) in [6.45, 7) is 2.05. The van der Waals surface area contributed by atoms with Crippen LogP contribution in [0, 0.1) is 0 Å². The Kier molecular flexibility index (Phi) is 4.78. The van der Waals surface area contributed by atoms with Gasteiger partial charge in [-0.3, -0.25) is 9.69 Å². The molecule has 1 amide bonds. The van der Waals surface area contributed by atoms with Gasteiger partial charge in [0.2, 0.25) is 0 Å². The molecular formula is C19H18ClN3O2S. The van der Waals surface area contributed by atoms with Crippen LogP contribution >= 0.6 is 23.4 Å². The molecule has 1 aromatic carbocycles. The number of carbonyl (C=O) groups is 1. The molecule has 0 radical (unpaired) electrons. The molecule has 3 heterocycles. The van der Waals surface area contributed by atoms with E-state index in [1.165, 1.54) is 24.6 Å². The van der Waals surface area contributed by atoms with E-state index in [4.69, 9.17) is 16.0 Å². The van der Waals surface area contributed by atoms with E-state index in [9.17, 15) is 4.79 Å². The van der Waals surface area contributed by atoms with Gasteiger partial charge in [-0.15, -0.1) is 0 Å². The minimum atomic E-state index is -0.0881. The first-order chi connectivity index (χ1) is 12.6. The molecule has 134 valence electrons. The number of anilines is 1. The van der Waals surface area contributed by atoms with Crippen molar-refractivity contribution in [3.8, 4) is 0 Å². The van der Waals surface area contributed by atoms with Crippen LogP contribution in [0.2, 0.25) is 5.02 Å². The molecule has 0 atom stereocenters. The maximum absolute atomic E-state index is 12.5. The van der Waals surface area contributed by atoms with Gasteiger partial charge in [0.1, 0.15) is 5.76 Å². The third-order valence-electron chi connectivity index (χ3n) is 4.34. The topological polar surface area (TPSA) is 49.1 Å². The second-order valence-corrected chi connectivity index (χ2v) is 7.66. The maximum Gasteiger partial charge on any atom is 0.266 e. The number of halogens is 1. The number of nitrogens with zero attached hydrogens (tertiary/aromatic N) is 3. The molecular weight excluding hydrogens is 370 g/mol. The van der Waals surface area contributed by atoms with Crippen molar-refractivity contribution in [2.75, 3.05) is 25.0 Å². The summed E-state index contributed by atoms with van der Waals surface area (Å²) in [6.07, 6.45) is 4.17. The zero-order chi connectivity index (χ0) is 18.1. The Labute approximate surface area is 161 Å². The number of hydrogen-bond donors (Lipinski definition) is 0. The van der Waals surface area contributed by atoms with Crippen LogP contribution in [-0.4, -0.2) is 36.1 Å². The molecule has 0 bridgehead atoms. The first-order valence-corrected chi connectivity index (χ1v) is 9.66. The predicted molar refractivity (Wildman–Crippen MR) is 107 cm³/mol. The lowest BCUT2D eigenvalue weighted by Gasteiger charge is -2.12. The summed E-state index contributed by atoms with van der Waals surface area (Å²) in [6, 6.07) is 11.1. The van der Waals surface area contributed by atoms with Crippen LogP contribution in [-0.2, 0) is 4.79 Å². The first kappa shape index (κ1) is 17.2. The van der Waals surface area contributed by atoms with Gasteiger partial charge in [-0.2, -0.15) is 0 Å². The summed E-state index contributed by atoms with van der Waals surface area (Å²) in [7, 11) is 1.72. The zero-order valence-corrected chi connectivity index (χ0v) is 15.9. The smallest absolute Gasteiger partial charge is 0.266 e. The van der Waals surface area contributed by atoms with Crippen LogP contribution in [0.1, 0.15) is 18.6 Å². The summed E-state index contributed by atoms with van der Waals surface area (Å²) in [5.74, 6) is 1.46. The second kappa shape index (κ2) is 7.21. The van der Waals surface area contributed by atoms with Gasteiger partial charge in [0.05, 0.1) is 10.6 Å². The first-order valence-electron chi connectivity index (χ1n) is 8.47. The van der Waals surface area contributed by atoms with E-state index < -0.39 is 0 Å². The number of benzene rings is 1. The molecule has 5 nitrogen and oxygen atoms in total. The SMILES string of the molecule is CN1C(=O)/C(=C\c2ccc(N3CCCC3)o2)SC1=Nc1cccc(Cl)c1. The highest BCUT2D eigenvalue weighted by molar-refractivity contribution is 8.18. The largest absolute Gasteiger partial charge is 0.441 e. The van der Waals surface area contributed by atoms with Gasteiger partial charge < -0.3 is 9.32 Å². The van der Waals surface area contributed by atoms with Crippen LogP contribution in [0.25, 0.3) is 6.08 Å². The number of carbonyl (C=O) groups excluding carboxylic acids is 1. The highest BCUT2D eigenvalue weighted by Crippen LogP contribution is 2.34. The van der Waals surface area contributed by atoms with E-state index in [2.05, 4.69) is 9.89 Å². The summed E-state index contributed by atoms with van der Waals surface area (Å²) in [4.78, 5) is 21.4. The molecule has 4 rings (SSSR count). The summed E-state index contributed by atoms with van der Waals surface area (Å²) in [5, 5.41) is 1.24. The van der Waals surface area contributed by atoms with Crippen molar-refractivity contribution in [1.29, 1.82) is 0 Å². The maximum atomic E-state index is 12.5. The number of amidine groups is 1. The Bertz CT molecular complexity index is 900. The summed E-state index contributed by atoms with van der Waals surface area (Å²) in [5.41, 5.74) is 0.718. The quantitative estimate of drug-likeness (QED) is 0.712. The van der Waals surface area contributed by atoms with Crippen molar-refractivity contribution in [2.24, 2.45) is 4.99 Å². The standard InChI is InChI=1S/C19H18ClN3O2S/c1-22-18(24)16(26-19(22)21-14-6-4-5-13(20)11-14)12-15-7-8-17(25-15)23-9-2-3-10-23/h4-8,11-12H,2-3,9-10H2,1H3/b16-12+,21-19?. The molecule has 7 heteroatoms. The number of rotatable bonds is 3. The molecule has 0 aliphatic carbocycles. The molecule has 0 saturated carbocycles. The fourth-order valence-corrected chi connectivity index (χ4v) is 4.12. The van der Waals surface area contributed by atoms with Gasteiger partial charge in [0, 0.05) is 37.3 Å². The van der Waals surface area contributed by atoms with Crippen LogP contribution < -0.4 is 4.90 Å². The number of amides is 1. The molecule has 0 unspecified atom stereocenters. The summed E-state index contributed by atoms with van der Waals surface area (Å²) < 4.78 is 5.89. The minimum absolute atomic E-state index is 0.0881. The fourth-order valence-electron chi connectivity index (χ4n) is 2.96. The van der Waals surface area contributed by atoms with Gasteiger partial charge in [-0.05, 0) is 48.9 Å². The van der Waals surface area contributed by atoms with Crippen molar-refractivity contribution in [3.63, 3.8) is 0 Å². The summed E-state index contributed by atoms with van der Waals surface area (Å²) >= 11 is 7.34. The number of likely N-dealkylation sites (N-methyl/N-ethyl adjacent to an activating group) is 1. The van der Waals surface area contributed by atoms with Crippen molar-refractivity contribution in [2.45, 2.75) is 12.8 Å². The second-order valence-electron chi connectivity index (χ2n) is 6.22. The number of thioether (sulfide) groups is 1.